The Labute approximate surface area is 192 Å². The zero-order valence-corrected chi connectivity index (χ0v) is 17.9. The van der Waals surface area contributed by atoms with Gasteiger partial charge >= 0.3 is 5.97 Å². The van der Waals surface area contributed by atoms with E-state index in [0.717, 1.165) is 43.8 Å². The molecule has 0 fully saturated rings. The molecule has 0 aromatic heterocycles. The molecule has 6 rings (SSSR count). The van der Waals surface area contributed by atoms with Crippen LogP contribution < -0.4 is 0 Å². The van der Waals surface area contributed by atoms with E-state index >= 15 is 0 Å². The molecule has 0 aliphatic carbocycles. The first-order valence-corrected chi connectivity index (χ1v) is 11.0. The van der Waals surface area contributed by atoms with Crippen molar-refractivity contribution in [3.05, 3.63) is 132 Å². The molecule has 0 radical (unpaired) electrons. The summed E-state index contributed by atoms with van der Waals surface area (Å²) < 4.78 is 5.66. The summed E-state index contributed by atoms with van der Waals surface area (Å²) in [4.78, 5) is 12.8. The van der Waals surface area contributed by atoms with Crippen LogP contribution in [0.25, 0.3) is 44.5 Å². The van der Waals surface area contributed by atoms with Gasteiger partial charge in [-0.3, -0.25) is 0 Å². The summed E-state index contributed by atoms with van der Waals surface area (Å²) in [6.45, 7) is 0. The van der Waals surface area contributed by atoms with Crippen LogP contribution in [0.3, 0.4) is 0 Å². The summed E-state index contributed by atoms with van der Waals surface area (Å²) in [6, 6.07) is 37.1. The number of carbonyl (C=O) groups is 1. The van der Waals surface area contributed by atoms with Crippen LogP contribution in [0.4, 0.5) is 0 Å². The Morgan fingerprint density at radius 1 is 0.576 bits per heavy atom. The van der Waals surface area contributed by atoms with E-state index in [9.17, 15) is 4.79 Å². The summed E-state index contributed by atoms with van der Waals surface area (Å²) in [7, 11) is 0. The van der Waals surface area contributed by atoms with Gasteiger partial charge in [0.25, 0.3) is 0 Å². The number of ether oxygens (including phenoxy) is 1. The van der Waals surface area contributed by atoms with Gasteiger partial charge < -0.3 is 4.74 Å². The molecule has 0 bridgehead atoms. The predicted octanol–water partition coefficient (Wildman–Crippen LogP) is 7.64. The Kier molecular flexibility index (Phi) is 4.63. The van der Waals surface area contributed by atoms with Gasteiger partial charge in [-0.15, -0.1) is 0 Å². The summed E-state index contributed by atoms with van der Waals surface area (Å²) in [5.74, 6) is 0.254. The Balaban J connectivity index is 1.42. The van der Waals surface area contributed by atoms with Crippen molar-refractivity contribution >= 4 is 39.3 Å². The molecular weight excluding hydrogens is 404 g/mol. The van der Waals surface area contributed by atoms with Crippen LogP contribution in [0.1, 0.15) is 11.1 Å². The molecule has 33 heavy (non-hydrogen) atoms. The highest BCUT2D eigenvalue weighted by atomic mass is 16.5. The van der Waals surface area contributed by atoms with Crippen LogP contribution in [-0.4, -0.2) is 5.97 Å². The van der Waals surface area contributed by atoms with E-state index in [2.05, 4.69) is 54.6 Å². The lowest BCUT2D eigenvalue weighted by molar-refractivity contribution is -0.130. The number of esters is 1. The minimum Gasteiger partial charge on any atom is -0.422 e. The normalized spacial score (nSPS) is 14.6. The number of cyclic esters (lactones) is 1. The van der Waals surface area contributed by atoms with Gasteiger partial charge in [0.2, 0.25) is 0 Å². The second-order valence-corrected chi connectivity index (χ2v) is 8.17. The Morgan fingerprint density at radius 3 is 1.79 bits per heavy atom. The number of benzene rings is 5. The zero-order valence-electron chi connectivity index (χ0n) is 17.9. The van der Waals surface area contributed by atoms with Crippen molar-refractivity contribution in [1.82, 2.24) is 0 Å². The third-order valence-corrected chi connectivity index (χ3v) is 6.11. The summed E-state index contributed by atoms with van der Waals surface area (Å²) >= 11 is 0. The standard InChI is InChI=1S/C31H20O2/c32-31-26(19-29-27-12-6-4-10-24(27)18-25-11-5-7-13-28(25)29)20-30(33-31)23-16-14-22(15-17-23)21-8-2-1-3-9-21/h1-20H/b26-19+. The van der Waals surface area contributed by atoms with Crippen molar-refractivity contribution in [3.8, 4) is 11.1 Å². The van der Waals surface area contributed by atoms with E-state index in [1.807, 2.05) is 66.7 Å². The number of hydrogen-bond donors (Lipinski definition) is 0. The van der Waals surface area contributed by atoms with Gasteiger partial charge in [0.1, 0.15) is 5.76 Å². The molecule has 156 valence electrons. The second-order valence-electron chi connectivity index (χ2n) is 8.17. The number of rotatable bonds is 3. The van der Waals surface area contributed by atoms with Crippen molar-refractivity contribution in [2.75, 3.05) is 0 Å². The third kappa shape index (κ3) is 3.52. The van der Waals surface area contributed by atoms with Crippen LogP contribution >= 0.6 is 0 Å². The van der Waals surface area contributed by atoms with Crippen molar-refractivity contribution in [1.29, 1.82) is 0 Å². The predicted molar refractivity (Wildman–Crippen MR) is 135 cm³/mol. The van der Waals surface area contributed by atoms with E-state index in [1.165, 1.54) is 0 Å². The zero-order chi connectivity index (χ0) is 22.2. The molecule has 0 spiro atoms. The summed E-state index contributed by atoms with van der Waals surface area (Å²) in [5, 5.41) is 4.53. The third-order valence-electron chi connectivity index (χ3n) is 6.11. The minimum atomic E-state index is -0.325. The Morgan fingerprint density at radius 2 is 1.12 bits per heavy atom. The molecule has 0 amide bonds. The number of hydrogen-bond acceptors (Lipinski definition) is 2. The average Bonchev–Trinajstić information content (AvgIpc) is 3.24. The fourth-order valence-corrected chi connectivity index (χ4v) is 4.45. The van der Waals surface area contributed by atoms with Crippen LogP contribution in [0.15, 0.2) is 121 Å². The van der Waals surface area contributed by atoms with E-state index in [4.69, 9.17) is 4.74 Å². The topological polar surface area (TPSA) is 26.3 Å². The van der Waals surface area contributed by atoms with Gasteiger partial charge in [0.05, 0.1) is 5.57 Å². The Hall–Kier alpha value is -4.43. The van der Waals surface area contributed by atoms with Crippen LogP contribution in [-0.2, 0) is 9.53 Å². The quantitative estimate of drug-likeness (QED) is 0.169. The maximum absolute atomic E-state index is 12.8. The first kappa shape index (κ1) is 19.3. The maximum atomic E-state index is 12.8. The minimum absolute atomic E-state index is 0.325. The van der Waals surface area contributed by atoms with Gasteiger partial charge in [0.15, 0.2) is 0 Å². The fraction of sp³-hybridized carbons (Fsp3) is 0. The SMILES string of the molecule is O=C1OC(c2ccc(-c3ccccc3)cc2)=C/C1=C\c1c2ccccc2cc2ccccc12. The first-order valence-electron chi connectivity index (χ1n) is 11.0. The van der Waals surface area contributed by atoms with E-state index in [1.54, 1.807) is 0 Å². The van der Waals surface area contributed by atoms with Gasteiger partial charge in [-0.2, -0.15) is 0 Å². The molecule has 0 saturated carbocycles. The highest BCUT2D eigenvalue weighted by Gasteiger charge is 2.22. The number of fused-ring (bicyclic) bond motifs is 2. The molecule has 1 aliphatic heterocycles. The van der Waals surface area contributed by atoms with Gasteiger partial charge in [-0.25, -0.2) is 4.79 Å². The molecule has 0 unspecified atom stereocenters. The smallest absolute Gasteiger partial charge is 0.343 e. The lowest BCUT2D eigenvalue weighted by Crippen LogP contribution is -1.97. The second kappa shape index (κ2) is 7.92. The molecule has 1 aliphatic rings. The lowest BCUT2D eigenvalue weighted by atomic mass is 9.95. The summed E-state index contributed by atoms with van der Waals surface area (Å²) in [6.07, 6.45) is 3.80. The molecule has 0 saturated heterocycles. The fourth-order valence-electron chi connectivity index (χ4n) is 4.45. The van der Waals surface area contributed by atoms with E-state index in [0.29, 0.717) is 11.3 Å². The highest BCUT2D eigenvalue weighted by Crippen LogP contribution is 2.34. The highest BCUT2D eigenvalue weighted by molar-refractivity contribution is 6.12. The molecule has 1 heterocycles. The largest absolute Gasteiger partial charge is 0.422 e. The van der Waals surface area contributed by atoms with Gasteiger partial charge in [0, 0.05) is 5.56 Å². The summed E-state index contributed by atoms with van der Waals surface area (Å²) in [5.41, 5.74) is 4.76. The molecule has 0 atom stereocenters. The van der Waals surface area contributed by atoms with E-state index < -0.39 is 0 Å². The molecule has 2 nitrogen and oxygen atoms in total. The Bertz CT molecular complexity index is 1520. The van der Waals surface area contributed by atoms with Crippen molar-refractivity contribution in [2.24, 2.45) is 0 Å². The van der Waals surface area contributed by atoms with Crippen LogP contribution in [0.2, 0.25) is 0 Å². The molecule has 5 aromatic rings. The van der Waals surface area contributed by atoms with Crippen molar-refractivity contribution in [2.45, 2.75) is 0 Å². The number of carbonyl (C=O) groups excluding carboxylic acids is 1. The van der Waals surface area contributed by atoms with Crippen molar-refractivity contribution < 1.29 is 9.53 Å². The monoisotopic (exact) mass is 424 g/mol. The van der Waals surface area contributed by atoms with Gasteiger partial charge in [-0.05, 0) is 56.5 Å². The van der Waals surface area contributed by atoms with Crippen molar-refractivity contribution in [3.63, 3.8) is 0 Å². The van der Waals surface area contributed by atoms with Crippen LogP contribution in [0, 0.1) is 0 Å². The molecular formula is C31H20O2. The lowest BCUT2D eigenvalue weighted by Gasteiger charge is -2.08. The molecule has 5 aromatic carbocycles. The van der Waals surface area contributed by atoms with Crippen LogP contribution in [0.5, 0.6) is 0 Å². The van der Waals surface area contributed by atoms with E-state index in [-0.39, 0.29) is 5.97 Å². The maximum Gasteiger partial charge on any atom is 0.343 e. The van der Waals surface area contributed by atoms with Gasteiger partial charge in [-0.1, -0.05) is 103 Å². The molecule has 2 heteroatoms. The average molecular weight is 424 g/mol. The molecule has 0 N–H and O–H groups in total. The first-order chi connectivity index (χ1) is 16.3.